The van der Waals surface area contributed by atoms with Crippen molar-refractivity contribution in [2.24, 2.45) is 0 Å². The lowest BCUT2D eigenvalue weighted by Gasteiger charge is -2.13. The van der Waals surface area contributed by atoms with E-state index in [9.17, 15) is 0 Å². The first-order valence-corrected chi connectivity index (χ1v) is 19.0. The third-order valence-electron chi connectivity index (χ3n) is 9.73. The van der Waals surface area contributed by atoms with Gasteiger partial charge in [0.1, 0.15) is 11.4 Å². The summed E-state index contributed by atoms with van der Waals surface area (Å²) < 4.78 is 2.49. The molecular weight excluding hydrogens is 691 g/mol. The van der Waals surface area contributed by atoms with Gasteiger partial charge in [-0.1, -0.05) is 152 Å². The van der Waals surface area contributed by atoms with Crippen LogP contribution in [0.3, 0.4) is 0 Å². The zero-order valence-corrected chi connectivity index (χ0v) is 30.4. The predicted octanol–water partition coefficient (Wildman–Crippen LogP) is 12.7. The van der Waals surface area contributed by atoms with E-state index in [1.807, 2.05) is 84.9 Å². The number of fused-ring (bicyclic) bond motifs is 3. The number of benzene rings is 6. The minimum absolute atomic E-state index is 0.522. The van der Waals surface area contributed by atoms with Gasteiger partial charge in [0.05, 0.1) is 22.8 Å². The summed E-state index contributed by atoms with van der Waals surface area (Å²) in [5, 5.41) is 2.51. The second kappa shape index (κ2) is 14.0. The van der Waals surface area contributed by atoms with Gasteiger partial charge in [0.25, 0.3) is 0 Å². The van der Waals surface area contributed by atoms with Gasteiger partial charge >= 0.3 is 0 Å². The van der Waals surface area contributed by atoms with E-state index in [0.29, 0.717) is 23.0 Å². The molecule has 0 spiro atoms. The lowest BCUT2D eigenvalue weighted by atomic mass is 10.0. The Hall–Kier alpha value is -7.15. The Bertz CT molecular complexity index is 2700. The molecule has 55 heavy (non-hydrogen) atoms. The molecule has 0 saturated carbocycles. The summed E-state index contributed by atoms with van der Waals surface area (Å²) in [7, 11) is 0. The van der Waals surface area contributed by atoms with Gasteiger partial charge in [-0.25, -0.2) is 24.9 Å². The van der Waals surface area contributed by atoms with Crippen LogP contribution >= 0.6 is 11.3 Å². The maximum atomic E-state index is 5.29. The van der Waals surface area contributed by atoms with Gasteiger partial charge < -0.3 is 0 Å². The summed E-state index contributed by atoms with van der Waals surface area (Å²) in [6.07, 6.45) is 0. The van der Waals surface area contributed by atoms with E-state index < -0.39 is 0 Å². The molecule has 6 aromatic carbocycles. The Morgan fingerprint density at radius 1 is 0.255 bits per heavy atom. The Morgan fingerprint density at radius 3 is 1.11 bits per heavy atom. The van der Waals surface area contributed by atoms with E-state index in [1.165, 1.54) is 20.2 Å². The normalized spacial score (nSPS) is 11.3. The number of nitrogens with zero attached hydrogens (tertiary/aromatic N) is 5. The van der Waals surface area contributed by atoms with Crippen LogP contribution in [-0.2, 0) is 0 Å². The monoisotopic (exact) mass is 721 g/mol. The quantitative estimate of drug-likeness (QED) is 0.164. The molecule has 258 valence electrons. The average molecular weight is 722 g/mol. The first-order valence-electron chi connectivity index (χ1n) is 18.2. The number of aromatic nitrogens is 5. The van der Waals surface area contributed by atoms with Crippen LogP contribution in [-0.4, -0.2) is 24.9 Å². The minimum atomic E-state index is 0.522. The van der Waals surface area contributed by atoms with Crippen molar-refractivity contribution in [3.05, 3.63) is 188 Å². The van der Waals surface area contributed by atoms with Crippen LogP contribution in [0.25, 0.3) is 99.4 Å². The smallest absolute Gasteiger partial charge is 0.179 e. The summed E-state index contributed by atoms with van der Waals surface area (Å²) in [5.41, 5.74) is 10.6. The molecule has 0 radical (unpaired) electrons. The van der Waals surface area contributed by atoms with Crippen molar-refractivity contribution in [3.8, 4) is 79.2 Å². The molecule has 0 unspecified atom stereocenters. The molecule has 0 amide bonds. The number of rotatable bonds is 7. The summed E-state index contributed by atoms with van der Waals surface area (Å²) in [6, 6.07) is 64.4. The maximum Gasteiger partial charge on any atom is 0.179 e. The SMILES string of the molecule is c1ccc(-c2cc(-c3ccccc3)nc(-c3cc(-c4ccc5c(c4)sc4ccccc45)cc(-c4nc(-c5ccccc5)cc(-c5ccccc5)n4)n3)n2)cc1. The van der Waals surface area contributed by atoms with Crippen LogP contribution in [0, 0.1) is 0 Å². The second-order valence-corrected chi connectivity index (χ2v) is 14.4. The molecule has 0 atom stereocenters. The fourth-order valence-corrected chi connectivity index (χ4v) is 8.13. The lowest BCUT2D eigenvalue weighted by molar-refractivity contribution is 1.12. The van der Waals surface area contributed by atoms with Gasteiger partial charge in [0.15, 0.2) is 11.6 Å². The summed E-state index contributed by atoms with van der Waals surface area (Å²) >= 11 is 1.80. The molecule has 0 bridgehead atoms. The first-order chi connectivity index (χ1) is 27.2. The van der Waals surface area contributed by atoms with E-state index in [4.69, 9.17) is 24.9 Å². The molecule has 0 saturated heterocycles. The summed E-state index contributed by atoms with van der Waals surface area (Å²) in [4.78, 5) is 26.0. The van der Waals surface area contributed by atoms with Crippen LogP contribution in [0.15, 0.2) is 188 Å². The number of thiophene rings is 1. The average Bonchev–Trinajstić information content (AvgIpc) is 3.65. The Morgan fingerprint density at radius 2 is 0.655 bits per heavy atom. The highest BCUT2D eigenvalue weighted by Crippen LogP contribution is 2.38. The molecular formula is C49H31N5S. The van der Waals surface area contributed by atoms with Crippen LogP contribution in [0.5, 0.6) is 0 Å². The highest BCUT2D eigenvalue weighted by atomic mass is 32.1. The lowest BCUT2D eigenvalue weighted by Crippen LogP contribution is -2.01. The van der Waals surface area contributed by atoms with Crippen molar-refractivity contribution in [3.63, 3.8) is 0 Å². The zero-order valence-electron chi connectivity index (χ0n) is 29.5. The topological polar surface area (TPSA) is 64.5 Å². The largest absolute Gasteiger partial charge is 0.241 e. The first kappa shape index (κ1) is 32.5. The Kier molecular flexibility index (Phi) is 8.28. The van der Waals surface area contributed by atoms with Crippen molar-refractivity contribution in [2.45, 2.75) is 0 Å². The molecule has 0 fully saturated rings. The van der Waals surface area contributed by atoms with E-state index in [2.05, 4.69) is 103 Å². The van der Waals surface area contributed by atoms with Gasteiger partial charge in [0, 0.05) is 42.4 Å². The van der Waals surface area contributed by atoms with Crippen LogP contribution in [0.4, 0.5) is 0 Å². The number of hydrogen-bond donors (Lipinski definition) is 0. The predicted molar refractivity (Wildman–Crippen MR) is 226 cm³/mol. The Balaban J connectivity index is 1.22. The molecule has 10 rings (SSSR count). The van der Waals surface area contributed by atoms with Crippen molar-refractivity contribution < 1.29 is 0 Å². The third kappa shape index (κ3) is 6.45. The van der Waals surface area contributed by atoms with Crippen LogP contribution in [0.2, 0.25) is 0 Å². The molecule has 0 aliphatic rings. The van der Waals surface area contributed by atoms with Crippen molar-refractivity contribution >= 4 is 31.5 Å². The third-order valence-corrected chi connectivity index (χ3v) is 10.9. The fraction of sp³-hybridized carbons (Fsp3) is 0. The van der Waals surface area contributed by atoms with Crippen molar-refractivity contribution in [2.75, 3.05) is 0 Å². The van der Waals surface area contributed by atoms with Gasteiger partial charge in [-0.3, -0.25) is 0 Å². The van der Waals surface area contributed by atoms with Crippen molar-refractivity contribution in [1.29, 1.82) is 0 Å². The summed E-state index contributed by atoms with van der Waals surface area (Å²) in [5.74, 6) is 1.04. The molecule has 6 heteroatoms. The highest BCUT2D eigenvalue weighted by molar-refractivity contribution is 7.25. The summed E-state index contributed by atoms with van der Waals surface area (Å²) in [6.45, 7) is 0. The van der Waals surface area contributed by atoms with Gasteiger partial charge in [-0.15, -0.1) is 11.3 Å². The van der Waals surface area contributed by atoms with Gasteiger partial charge in [-0.05, 0) is 47.5 Å². The standard InChI is InChI=1S/C49H31N5S/c1-5-15-32(16-6-1)40-30-41(33-17-7-2-8-18-33)52-48(51-40)44-27-37(36-25-26-39-38-23-13-14-24-46(38)55-47(39)29-36)28-45(50-44)49-53-42(34-19-9-3-10-20-34)31-43(54-49)35-21-11-4-12-22-35/h1-31H. The van der Waals surface area contributed by atoms with Gasteiger partial charge in [-0.2, -0.15) is 0 Å². The van der Waals surface area contributed by atoms with Crippen LogP contribution < -0.4 is 0 Å². The highest BCUT2D eigenvalue weighted by Gasteiger charge is 2.18. The number of pyridine rings is 1. The second-order valence-electron chi connectivity index (χ2n) is 13.3. The van der Waals surface area contributed by atoms with Gasteiger partial charge in [0.2, 0.25) is 0 Å². The van der Waals surface area contributed by atoms with E-state index >= 15 is 0 Å². The van der Waals surface area contributed by atoms with Crippen molar-refractivity contribution in [1.82, 2.24) is 24.9 Å². The fourth-order valence-electron chi connectivity index (χ4n) is 6.98. The van der Waals surface area contributed by atoms with E-state index in [0.717, 1.165) is 56.2 Å². The molecule has 0 N–H and O–H groups in total. The zero-order chi connectivity index (χ0) is 36.6. The minimum Gasteiger partial charge on any atom is -0.241 e. The number of hydrogen-bond acceptors (Lipinski definition) is 6. The van der Waals surface area contributed by atoms with Crippen LogP contribution in [0.1, 0.15) is 0 Å². The molecule has 4 aromatic heterocycles. The molecule has 10 aromatic rings. The Labute approximate surface area is 322 Å². The van der Waals surface area contributed by atoms with E-state index in [-0.39, 0.29) is 0 Å². The maximum absolute atomic E-state index is 5.29. The molecule has 5 nitrogen and oxygen atoms in total. The molecule has 4 heterocycles. The van der Waals surface area contributed by atoms with E-state index in [1.54, 1.807) is 11.3 Å². The molecule has 0 aliphatic heterocycles. The molecule has 0 aliphatic carbocycles.